The third-order valence-electron chi connectivity index (χ3n) is 3.17. The summed E-state index contributed by atoms with van der Waals surface area (Å²) in [5, 5.41) is 6.45. The van der Waals surface area contributed by atoms with Crippen LogP contribution in [0.1, 0.15) is 32.8 Å². The van der Waals surface area contributed by atoms with Crippen molar-refractivity contribution in [3.63, 3.8) is 0 Å². The van der Waals surface area contributed by atoms with Gasteiger partial charge in [0.15, 0.2) is 0 Å². The van der Waals surface area contributed by atoms with Crippen LogP contribution in [0.5, 0.6) is 0 Å². The van der Waals surface area contributed by atoms with Gasteiger partial charge in [-0.15, -0.1) is 0 Å². The van der Waals surface area contributed by atoms with E-state index in [4.69, 9.17) is 0 Å². The molecule has 0 aliphatic carbocycles. The first-order valence-corrected chi connectivity index (χ1v) is 6.27. The van der Waals surface area contributed by atoms with E-state index in [1.807, 2.05) is 26.0 Å². The van der Waals surface area contributed by atoms with Crippen LogP contribution in [-0.4, -0.2) is 11.9 Å². The normalized spacial score (nSPS) is 18.5. The summed E-state index contributed by atoms with van der Waals surface area (Å²) in [7, 11) is 0. The lowest BCUT2D eigenvalue weighted by atomic mass is 9.98. The van der Waals surface area contributed by atoms with Gasteiger partial charge in [-0.05, 0) is 31.4 Å². The Morgan fingerprint density at radius 2 is 2.24 bits per heavy atom. The number of para-hydroxylation sites is 1. The molecule has 0 bridgehead atoms. The zero-order valence-corrected chi connectivity index (χ0v) is 10.7. The average molecular weight is 232 g/mol. The Labute approximate surface area is 103 Å². The summed E-state index contributed by atoms with van der Waals surface area (Å²) in [6, 6.07) is 6.56. The highest BCUT2D eigenvalue weighted by Crippen LogP contribution is 2.32. The number of nitrogens with one attached hydrogen (secondary N) is 2. The number of anilines is 2. The molecule has 0 fully saturated rings. The maximum atomic E-state index is 11.7. The highest BCUT2D eigenvalue weighted by molar-refractivity contribution is 5.96. The van der Waals surface area contributed by atoms with Crippen molar-refractivity contribution in [2.75, 3.05) is 10.6 Å². The Morgan fingerprint density at radius 1 is 1.47 bits per heavy atom. The van der Waals surface area contributed by atoms with Gasteiger partial charge >= 0.3 is 0 Å². The van der Waals surface area contributed by atoms with E-state index in [1.54, 1.807) is 0 Å². The quantitative estimate of drug-likeness (QED) is 0.823. The minimum atomic E-state index is 0.00636. The van der Waals surface area contributed by atoms with Crippen LogP contribution in [0.4, 0.5) is 11.4 Å². The maximum Gasteiger partial charge on any atom is 0.226 e. The molecule has 1 aromatic carbocycles. The zero-order valence-electron chi connectivity index (χ0n) is 10.7. The van der Waals surface area contributed by atoms with Crippen molar-refractivity contribution in [2.24, 2.45) is 5.92 Å². The lowest BCUT2D eigenvalue weighted by Crippen LogP contribution is -2.25. The second kappa shape index (κ2) is 4.78. The topological polar surface area (TPSA) is 41.1 Å². The summed E-state index contributed by atoms with van der Waals surface area (Å²) in [4.78, 5) is 11.7. The van der Waals surface area contributed by atoms with E-state index < -0.39 is 0 Å². The van der Waals surface area contributed by atoms with Crippen LogP contribution in [0.25, 0.3) is 0 Å². The van der Waals surface area contributed by atoms with Crippen molar-refractivity contribution in [2.45, 2.75) is 39.7 Å². The van der Waals surface area contributed by atoms with Gasteiger partial charge in [-0.3, -0.25) is 4.79 Å². The van der Waals surface area contributed by atoms with Gasteiger partial charge in [0.05, 0.1) is 11.4 Å². The highest BCUT2D eigenvalue weighted by Gasteiger charge is 2.18. The fourth-order valence-corrected chi connectivity index (χ4v) is 2.05. The molecule has 92 valence electrons. The van der Waals surface area contributed by atoms with Crippen molar-refractivity contribution < 1.29 is 4.79 Å². The molecule has 3 heteroatoms. The van der Waals surface area contributed by atoms with Crippen molar-refractivity contribution >= 4 is 17.3 Å². The highest BCUT2D eigenvalue weighted by atomic mass is 16.1. The van der Waals surface area contributed by atoms with E-state index in [2.05, 4.69) is 23.6 Å². The van der Waals surface area contributed by atoms with Crippen LogP contribution in [0.3, 0.4) is 0 Å². The molecule has 0 saturated heterocycles. The van der Waals surface area contributed by atoms with Crippen molar-refractivity contribution in [1.29, 1.82) is 0 Å². The van der Waals surface area contributed by atoms with Gasteiger partial charge in [-0.2, -0.15) is 0 Å². The van der Waals surface area contributed by atoms with Gasteiger partial charge in [0, 0.05) is 12.0 Å². The Kier molecular flexibility index (Phi) is 3.36. The summed E-state index contributed by atoms with van der Waals surface area (Å²) < 4.78 is 0. The average Bonchev–Trinajstić information content (AvgIpc) is 2.29. The van der Waals surface area contributed by atoms with Gasteiger partial charge in [0.25, 0.3) is 0 Å². The molecule has 1 unspecified atom stereocenters. The van der Waals surface area contributed by atoms with E-state index in [0.717, 1.165) is 24.2 Å². The Morgan fingerprint density at radius 3 is 2.94 bits per heavy atom. The predicted octanol–water partition coefficient (Wildman–Crippen LogP) is 3.03. The number of amides is 1. The molecule has 0 spiro atoms. The van der Waals surface area contributed by atoms with Crippen molar-refractivity contribution in [3.05, 3.63) is 23.8 Å². The first kappa shape index (κ1) is 12.0. The van der Waals surface area contributed by atoms with E-state index >= 15 is 0 Å². The van der Waals surface area contributed by atoms with Crippen LogP contribution in [0, 0.1) is 5.92 Å². The van der Waals surface area contributed by atoms with Gasteiger partial charge < -0.3 is 10.6 Å². The Bertz CT molecular complexity index is 426. The van der Waals surface area contributed by atoms with E-state index in [9.17, 15) is 4.79 Å². The summed E-state index contributed by atoms with van der Waals surface area (Å²) in [6.45, 7) is 5.98. The second-order valence-electron chi connectivity index (χ2n) is 5.07. The van der Waals surface area contributed by atoms with E-state index in [0.29, 0.717) is 6.04 Å². The molecule has 2 N–H and O–H groups in total. The molecule has 0 aromatic heterocycles. The van der Waals surface area contributed by atoms with Crippen molar-refractivity contribution in [3.8, 4) is 0 Å². The number of fused-ring (bicyclic) bond motifs is 1. The number of carbonyl (C=O) groups is 1. The number of benzene rings is 1. The van der Waals surface area contributed by atoms with Crippen LogP contribution in [0.2, 0.25) is 0 Å². The van der Waals surface area contributed by atoms with E-state index in [1.165, 1.54) is 5.56 Å². The molecule has 1 heterocycles. The Hall–Kier alpha value is -1.51. The molecule has 0 radical (unpaired) electrons. The first-order valence-electron chi connectivity index (χ1n) is 6.27. The van der Waals surface area contributed by atoms with Gasteiger partial charge in [-0.1, -0.05) is 26.0 Å². The second-order valence-corrected chi connectivity index (χ2v) is 5.07. The van der Waals surface area contributed by atoms with Crippen molar-refractivity contribution in [1.82, 2.24) is 0 Å². The number of aryl methyl sites for hydroxylation is 1. The van der Waals surface area contributed by atoms with Gasteiger partial charge in [0.1, 0.15) is 0 Å². The molecule has 1 aliphatic rings. The van der Waals surface area contributed by atoms with Crippen LogP contribution < -0.4 is 10.6 Å². The molecular weight excluding hydrogens is 212 g/mol. The molecule has 17 heavy (non-hydrogen) atoms. The monoisotopic (exact) mass is 232 g/mol. The first-order chi connectivity index (χ1) is 8.08. The number of carbonyl (C=O) groups excluding carboxylic acids is 1. The molecule has 1 aliphatic heterocycles. The van der Waals surface area contributed by atoms with Crippen LogP contribution in [-0.2, 0) is 11.2 Å². The minimum Gasteiger partial charge on any atom is -0.381 e. The number of hydrogen-bond donors (Lipinski definition) is 2. The minimum absolute atomic E-state index is 0.00636. The van der Waals surface area contributed by atoms with Gasteiger partial charge in [0.2, 0.25) is 5.91 Å². The molecule has 1 amide bonds. The number of hydrogen-bond acceptors (Lipinski definition) is 2. The fraction of sp³-hybridized carbons (Fsp3) is 0.500. The predicted molar refractivity (Wildman–Crippen MR) is 71.3 cm³/mol. The SMILES string of the molecule is CC1CCc2cccc(NC(=O)C(C)C)c2N1. The largest absolute Gasteiger partial charge is 0.381 e. The van der Waals surface area contributed by atoms with Crippen LogP contribution in [0.15, 0.2) is 18.2 Å². The zero-order chi connectivity index (χ0) is 12.4. The Balaban J connectivity index is 2.26. The molecular formula is C14H20N2O. The molecule has 2 rings (SSSR count). The summed E-state index contributed by atoms with van der Waals surface area (Å²) in [5.41, 5.74) is 3.30. The van der Waals surface area contributed by atoms with Gasteiger partial charge in [-0.25, -0.2) is 0 Å². The molecule has 0 saturated carbocycles. The fourth-order valence-electron chi connectivity index (χ4n) is 2.05. The maximum absolute atomic E-state index is 11.7. The lowest BCUT2D eigenvalue weighted by Gasteiger charge is -2.26. The standard InChI is InChI=1S/C14H20N2O/c1-9(2)14(17)16-12-6-4-5-11-8-7-10(3)15-13(11)12/h4-6,9-10,15H,7-8H2,1-3H3,(H,16,17). The molecule has 3 nitrogen and oxygen atoms in total. The lowest BCUT2D eigenvalue weighted by molar-refractivity contribution is -0.118. The smallest absolute Gasteiger partial charge is 0.226 e. The summed E-state index contributed by atoms with van der Waals surface area (Å²) in [6.07, 6.45) is 2.23. The summed E-state index contributed by atoms with van der Waals surface area (Å²) >= 11 is 0. The third kappa shape index (κ3) is 2.60. The van der Waals surface area contributed by atoms with E-state index in [-0.39, 0.29) is 11.8 Å². The molecule has 1 atom stereocenters. The molecule has 1 aromatic rings. The number of rotatable bonds is 2. The van der Waals surface area contributed by atoms with Crippen LogP contribution >= 0.6 is 0 Å². The summed E-state index contributed by atoms with van der Waals surface area (Å²) in [5.74, 6) is 0.0743. The third-order valence-corrected chi connectivity index (χ3v) is 3.17.